The molecule has 70 valence electrons. The van der Waals surface area contributed by atoms with Gasteiger partial charge in [0.2, 0.25) is 5.95 Å². The summed E-state index contributed by atoms with van der Waals surface area (Å²) in [6.45, 7) is 1.77. The monoisotopic (exact) mass is 187 g/mol. The number of nitrogens with zero attached hydrogens (tertiary/aromatic N) is 4. The Morgan fingerprint density at radius 3 is 2.64 bits per heavy atom. The Labute approximate surface area is 81.1 Å². The quantitative estimate of drug-likeness (QED) is 0.715. The molecule has 5 nitrogen and oxygen atoms in total. The lowest BCUT2D eigenvalue weighted by atomic mass is 10.3. The summed E-state index contributed by atoms with van der Waals surface area (Å²) in [7, 11) is 0. The zero-order chi connectivity index (χ0) is 9.97. The maximum Gasteiger partial charge on any atom is 0.223 e. The van der Waals surface area contributed by atoms with Crippen molar-refractivity contribution in [3.8, 4) is 11.5 Å². The van der Waals surface area contributed by atoms with Gasteiger partial charge in [-0.2, -0.15) is 9.97 Å². The van der Waals surface area contributed by atoms with E-state index < -0.39 is 0 Å². The second-order valence-corrected chi connectivity index (χ2v) is 2.78. The van der Waals surface area contributed by atoms with Crippen LogP contribution in [0.15, 0.2) is 24.4 Å². The topological polar surface area (TPSA) is 77.6 Å². The van der Waals surface area contributed by atoms with E-state index in [4.69, 9.17) is 5.73 Å². The molecule has 2 aromatic rings. The second-order valence-electron chi connectivity index (χ2n) is 2.78. The van der Waals surface area contributed by atoms with Crippen LogP contribution in [-0.2, 0) is 0 Å². The molecule has 0 spiro atoms. The molecule has 0 unspecified atom stereocenters. The number of hydrogen-bond acceptors (Lipinski definition) is 5. The standard InChI is InChI=1S/C9H9N5/c1-6-12-8(14-9(10)13-6)7-4-2-3-5-11-7/h2-5H,1H3,(H2,10,12,13,14). The summed E-state index contributed by atoms with van der Waals surface area (Å²) in [4.78, 5) is 16.1. The third-order valence-electron chi connectivity index (χ3n) is 1.66. The molecule has 0 aliphatic heterocycles. The average Bonchev–Trinajstić information content (AvgIpc) is 2.18. The predicted octanol–water partition coefficient (Wildman–Crippen LogP) is 0.824. The third-order valence-corrected chi connectivity index (χ3v) is 1.66. The number of rotatable bonds is 1. The molecule has 0 aromatic carbocycles. The van der Waals surface area contributed by atoms with Crippen molar-refractivity contribution in [3.63, 3.8) is 0 Å². The minimum Gasteiger partial charge on any atom is -0.368 e. The van der Waals surface area contributed by atoms with E-state index in [9.17, 15) is 0 Å². The highest BCUT2D eigenvalue weighted by Gasteiger charge is 2.04. The molecule has 0 amide bonds. The first-order chi connectivity index (χ1) is 6.75. The lowest BCUT2D eigenvalue weighted by Crippen LogP contribution is -2.02. The van der Waals surface area contributed by atoms with Gasteiger partial charge >= 0.3 is 0 Å². The maximum atomic E-state index is 5.51. The van der Waals surface area contributed by atoms with Crippen LogP contribution in [0.4, 0.5) is 5.95 Å². The summed E-state index contributed by atoms with van der Waals surface area (Å²) in [6, 6.07) is 5.53. The van der Waals surface area contributed by atoms with Gasteiger partial charge in [0.25, 0.3) is 0 Å². The van der Waals surface area contributed by atoms with Crippen LogP contribution in [0.3, 0.4) is 0 Å². The highest BCUT2D eigenvalue weighted by Crippen LogP contribution is 2.10. The lowest BCUT2D eigenvalue weighted by molar-refractivity contribution is 0.988. The second kappa shape index (κ2) is 3.37. The molecule has 0 aliphatic rings. The molecule has 2 aromatic heterocycles. The Kier molecular flexibility index (Phi) is 2.06. The zero-order valence-electron chi connectivity index (χ0n) is 7.68. The molecule has 0 saturated heterocycles. The first-order valence-electron chi connectivity index (χ1n) is 4.15. The van der Waals surface area contributed by atoms with E-state index in [2.05, 4.69) is 19.9 Å². The number of aryl methyl sites for hydroxylation is 1. The number of pyridine rings is 1. The minimum absolute atomic E-state index is 0.221. The summed E-state index contributed by atoms with van der Waals surface area (Å²) >= 11 is 0. The minimum atomic E-state index is 0.221. The first kappa shape index (κ1) is 8.55. The molecular weight excluding hydrogens is 178 g/mol. The van der Waals surface area contributed by atoms with E-state index in [-0.39, 0.29) is 5.95 Å². The molecule has 0 bridgehead atoms. The highest BCUT2D eigenvalue weighted by atomic mass is 15.1. The largest absolute Gasteiger partial charge is 0.368 e. The van der Waals surface area contributed by atoms with Crippen molar-refractivity contribution in [2.24, 2.45) is 0 Å². The van der Waals surface area contributed by atoms with Crippen LogP contribution in [0, 0.1) is 6.92 Å². The van der Waals surface area contributed by atoms with Crippen molar-refractivity contribution >= 4 is 5.95 Å². The zero-order valence-corrected chi connectivity index (χ0v) is 7.68. The Bertz CT molecular complexity index is 420. The van der Waals surface area contributed by atoms with Crippen molar-refractivity contribution in [2.75, 3.05) is 5.73 Å². The van der Waals surface area contributed by atoms with Gasteiger partial charge in [-0.3, -0.25) is 4.98 Å². The highest BCUT2D eigenvalue weighted by molar-refractivity contribution is 5.49. The van der Waals surface area contributed by atoms with E-state index in [0.29, 0.717) is 17.3 Å². The van der Waals surface area contributed by atoms with Crippen molar-refractivity contribution in [3.05, 3.63) is 30.2 Å². The van der Waals surface area contributed by atoms with Crippen LogP contribution in [0.5, 0.6) is 0 Å². The number of anilines is 1. The van der Waals surface area contributed by atoms with Crippen LogP contribution in [0.2, 0.25) is 0 Å². The molecule has 0 radical (unpaired) electrons. The molecule has 0 atom stereocenters. The smallest absolute Gasteiger partial charge is 0.223 e. The van der Waals surface area contributed by atoms with Gasteiger partial charge in [-0.05, 0) is 19.1 Å². The fraction of sp³-hybridized carbons (Fsp3) is 0.111. The molecular formula is C9H9N5. The van der Waals surface area contributed by atoms with Gasteiger partial charge in [0.15, 0.2) is 5.82 Å². The predicted molar refractivity (Wildman–Crippen MR) is 52.2 cm³/mol. The Morgan fingerprint density at radius 1 is 1.14 bits per heavy atom. The maximum absolute atomic E-state index is 5.51. The van der Waals surface area contributed by atoms with Crippen LogP contribution in [0.25, 0.3) is 11.5 Å². The molecule has 2 heterocycles. The molecule has 0 fully saturated rings. The number of aromatic nitrogens is 4. The number of hydrogen-bond donors (Lipinski definition) is 1. The Balaban J connectivity index is 2.52. The van der Waals surface area contributed by atoms with Gasteiger partial charge in [0.05, 0.1) is 0 Å². The fourth-order valence-electron chi connectivity index (χ4n) is 1.11. The van der Waals surface area contributed by atoms with Crippen molar-refractivity contribution < 1.29 is 0 Å². The van der Waals surface area contributed by atoms with E-state index in [1.54, 1.807) is 13.1 Å². The molecule has 0 saturated carbocycles. The normalized spacial score (nSPS) is 10.1. The Morgan fingerprint density at radius 2 is 2.00 bits per heavy atom. The molecule has 14 heavy (non-hydrogen) atoms. The van der Waals surface area contributed by atoms with Crippen LogP contribution in [-0.4, -0.2) is 19.9 Å². The van der Waals surface area contributed by atoms with Gasteiger partial charge < -0.3 is 5.73 Å². The van der Waals surface area contributed by atoms with Gasteiger partial charge in [0.1, 0.15) is 11.5 Å². The third kappa shape index (κ3) is 1.66. The van der Waals surface area contributed by atoms with Crippen molar-refractivity contribution in [2.45, 2.75) is 6.92 Å². The summed E-state index contributed by atoms with van der Waals surface area (Å²) < 4.78 is 0. The van der Waals surface area contributed by atoms with Crippen molar-refractivity contribution in [1.82, 2.24) is 19.9 Å². The number of nitrogen functional groups attached to an aromatic ring is 1. The molecule has 0 aliphatic carbocycles. The summed E-state index contributed by atoms with van der Waals surface area (Å²) in [6.07, 6.45) is 1.69. The van der Waals surface area contributed by atoms with Crippen LogP contribution < -0.4 is 5.73 Å². The SMILES string of the molecule is Cc1nc(N)nc(-c2ccccn2)n1. The summed E-state index contributed by atoms with van der Waals surface area (Å²) in [5.74, 6) is 1.33. The van der Waals surface area contributed by atoms with Crippen molar-refractivity contribution in [1.29, 1.82) is 0 Å². The fourth-order valence-corrected chi connectivity index (χ4v) is 1.11. The summed E-state index contributed by atoms with van der Waals surface area (Å²) in [5, 5.41) is 0. The number of nitrogens with two attached hydrogens (primary N) is 1. The average molecular weight is 187 g/mol. The van der Waals surface area contributed by atoms with Crippen LogP contribution in [0.1, 0.15) is 5.82 Å². The van der Waals surface area contributed by atoms with E-state index in [1.165, 1.54) is 0 Å². The Hall–Kier alpha value is -2.04. The molecule has 2 rings (SSSR count). The first-order valence-corrected chi connectivity index (χ1v) is 4.15. The van der Waals surface area contributed by atoms with Gasteiger partial charge in [0, 0.05) is 6.20 Å². The van der Waals surface area contributed by atoms with Gasteiger partial charge in [-0.25, -0.2) is 4.98 Å². The van der Waals surface area contributed by atoms with Gasteiger partial charge in [-0.15, -0.1) is 0 Å². The summed E-state index contributed by atoms with van der Waals surface area (Å²) in [5.41, 5.74) is 6.21. The van der Waals surface area contributed by atoms with Crippen LogP contribution >= 0.6 is 0 Å². The lowest BCUT2D eigenvalue weighted by Gasteiger charge is -2.00. The molecule has 2 N–H and O–H groups in total. The van der Waals surface area contributed by atoms with E-state index in [0.717, 1.165) is 0 Å². The van der Waals surface area contributed by atoms with Gasteiger partial charge in [-0.1, -0.05) is 6.07 Å². The molecule has 5 heteroatoms. The van der Waals surface area contributed by atoms with E-state index in [1.807, 2.05) is 18.2 Å². The van der Waals surface area contributed by atoms with E-state index >= 15 is 0 Å².